The van der Waals surface area contributed by atoms with Crippen molar-refractivity contribution in [3.8, 4) is 11.5 Å². The zero-order chi connectivity index (χ0) is 15.0. The molecule has 0 aliphatic heterocycles. The van der Waals surface area contributed by atoms with Gasteiger partial charge in [0.25, 0.3) is 0 Å². The number of likely N-dealkylation sites (N-methyl/N-ethyl adjacent to an activating group) is 2. The summed E-state index contributed by atoms with van der Waals surface area (Å²) < 4.78 is 10.4. The standard InChI is InChI=1S/C15H24N2O3.ClH/c1-16-9-10-17(2)15(18)8-6-12-5-7-13(19-3)14(11-12)20-4;/h5,7,11,16H,6,8-10H2,1-4H3;1H. The van der Waals surface area contributed by atoms with Gasteiger partial charge in [0.2, 0.25) is 5.91 Å². The monoisotopic (exact) mass is 316 g/mol. The van der Waals surface area contributed by atoms with Gasteiger partial charge in [0.05, 0.1) is 14.2 Å². The molecule has 0 saturated heterocycles. The van der Waals surface area contributed by atoms with E-state index in [-0.39, 0.29) is 18.3 Å². The number of methoxy groups -OCH3 is 2. The highest BCUT2D eigenvalue weighted by atomic mass is 35.5. The van der Waals surface area contributed by atoms with Gasteiger partial charge in [-0.2, -0.15) is 0 Å². The second-order valence-electron chi connectivity index (χ2n) is 4.61. The Hall–Kier alpha value is -1.46. The molecule has 0 atom stereocenters. The van der Waals surface area contributed by atoms with Crippen LogP contribution in [-0.4, -0.2) is 52.2 Å². The summed E-state index contributed by atoms with van der Waals surface area (Å²) in [5, 5.41) is 3.03. The summed E-state index contributed by atoms with van der Waals surface area (Å²) in [6.07, 6.45) is 1.19. The van der Waals surface area contributed by atoms with Crippen molar-refractivity contribution < 1.29 is 14.3 Å². The molecule has 1 aromatic carbocycles. The zero-order valence-corrected chi connectivity index (χ0v) is 14.0. The SMILES string of the molecule is CNCCN(C)C(=O)CCc1ccc(OC)c(OC)c1.Cl. The van der Waals surface area contributed by atoms with Crippen molar-refractivity contribution in [3.05, 3.63) is 23.8 Å². The predicted molar refractivity (Wildman–Crippen MR) is 86.7 cm³/mol. The maximum Gasteiger partial charge on any atom is 0.222 e. The topological polar surface area (TPSA) is 50.8 Å². The Balaban J connectivity index is 0.00000400. The second kappa shape index (κ2) is 10.3. The molecule has 1 amide bonds. The summed E-state index contributed by atoms with van der Waals surface area (Å²) in [7, 11) is 6.92. The Morgan fingerprint density at radius 3 is 2.48 bits per heavy atom. The van der Waals surface area contributed by atoms with Crippen molar-refractivity contribution in [3.63, 3.8) is 0 Å². The van der Waals surface area contributed by atoms with E-state index < -0.39 is 0 Å². The number of ether oxygens (including phenoxy) is 2. The first-order chi connectivity index (χ1) is 9.62. The number of amides is 1. The molecule has 5 nitrogen and oxygen atoms in total. The number of nitrogens with zero attached hydrogens (tertiary/aromatic N) is 1. The van der Waals surface area contributed by atoms with Crippen LogP contribution < -0.4 is 14.8 Å². The van der Waals surface area contributed by atoms with Crippen molar-refractivity contribution in [2.45, 2.75) is 12.8 Å². The number of halogens is 1. The van der Waals surface area contributed by atoms with E-state index in [0.29, 0.717) is 24.3 Å². The average Bonchev–Trinajstić information content (AvgIpc) is 2.49. The molecule has 0 radical (unpaired) electrons. The Kier molecular flexibility index (Phi) is 9.58. The van der Waals surface area contributed by atoms with E-state index in [2.05, 4.69) is 5.32 Å². The van der Waals surface area contributed by atoms with Gasteiger partial charge in [-0.05, 0) is 31.2 Å². The van der Waals surface area contributed by atoms with Gasteiger partial charge in [-0.3, -0.25) is 4.79 Å². The maximum atomic E-state index is 11.9. The summed E-state index contributed by atoms with van der Waals surface area (Å²) in [6.45, 7) is 1.53. The lowest BCUT2D eigenvalue weighted by Gasteiger charge is -2.17. The van der Waals surface area contributed by atoms with E-state index in [1.54, 1.807) is 19.1 Å². The number of carbonyl (C=O) groups is 1. The van der Waals surface area contributed by atoms with Gasteiger partial charge in [-0.1, -0.05) is 6.07 Å². The van der Waals surface area contributed by atoms with E-state index in [9.17, 15) is 4.79 Å². The lowest BCUT2D eigenvalue weighted by molar-refractivity contribution is -0.129. The Morgan fingerprint density at radius 2 is 1.90 bits per heavy atom. The average molecular weight is 317 g/mol. The first kappa shape index (κ1) is 19.5. The van der Waals surface area contributed by atoms with Crippen LogP contribution in [0.5, 0.6) is 11.5 Å². The molecule has 6 heteroatoms. The molecule has 0 aromatic heterocycles. The van der Waals surface area contributed by atoms with Gasteiger partial charge in [-0.15, -0.1) is 12.4 Å². The third kappa shape index (κ3) is 6.23. The number of benzene rings is 1. The van der Waals surface area contributed by atoms with Crippen LogP contribution in [0.1, 0.15) is 12.0 Å². The van der Waals surface area contributed by atoms with Crippen molar-refractivity contribution in [1.29, 1.82) is 0 Å². The lowest BCUT2D eigenvalue weighted by Crippen LogP contribution is -2.32. The molecule has 0 spiro atoms. The number of carbonyl (C=O) groups excluding carboxylic acids is 1. The van der Waals surface area contributed by atoms with E-state index >= 15 is 0 Å². The summed E-state index contributed by atoms with van der Waals surface area (Å²) in [6, 6.07) is 5.74. The molecule has 0 aliphatic carbocycles. The van der Waals surface area contributed by atoms with Crippen LogP contribution in [-0.2, 0) is 11.2 Å². The summed E-state index contributed by atoms with van der Waals surface area (Å²) in [5.74, 6) is 1.55. The predicted octanol–water partition coefficient (Wildman–Crippen LogP) is 1.74. The number of hydrogen-bond acceptors (Lipinski definition) is 4. The minimum Gasteiger partial charge on any atom is -0.493 e. The minimum absolute atomic E-state index is 0. The summed E-state index contributed by atoms with van der Waals surface area (Å²) in [4.78, 5) is 13.7. The zero-order valence-electron chi connectivity index (χ0n) is 13.1. The van der Waals surface area contributed by atoms with Gasteiger partial charge < -0.3 is 19.7 Å². The highest BCUT2D eigenvalue weighted by molar-refractivity contribution is 5.85. The Bertz CT molecular complexity index is 441. The Morgan fingerprint density at radius 1 is 1.24 bits per heavy atom. The molecule has 0 heterocycles. The largest absolute Gasteiger partial charge is 0.493 e. The van der Waals surface area contributed by atoms with Crippen LogP contribution in [0.25, 0.3) is 0 Å². The Labute approximate surface area is 133 Å². The maximum absolute atomic E-state index is 11.9. The van der Waals surface area contributed by atoms with Crippen LogP contribution in [0.3, 0.4) is 0 Å². The van der Waals surface area contributed by atoms with Gasteiger partial charge in [0.1, 0.15) is 0 Å². The first-order valence-corrected chi connectivity index (χ1v) is 6.71. The number of hydrogen-bond donors (Lipinski definition) is 1. The molecule has 1 rings (SSSR count). The molecule has 1 N–H and O–H groups in total. The van der Waals surface area contributed by atoms with Crippen molar-refractivity contribution >= 4 is 18.3 Å². The summed E-state index contributed by atoms with van der Waals surface area (Å²) in [5.41, 5.74) is 1.07. The van der Waals surface area contributed by atoms with Crippen LogP contribution in [0.15, 0.2) is 18.2 Å². The molecular weight excluding hydrogens is 292 g/mol. The molecule has 0 saturated carbocycles. The van der Waals surface area contributed by atoms with Crippen molar-refractivity contribution in [1.82, 2.24) is 10.2 Å². The molecular formula is C15H25ClN2O3. The molecule has 0 unspecified atom stereocenters. The van der Waals surface area contributed by atoms with Gasteiger partial charge in [0, 0.05) is 26.6 Å². The fraction of sp³-hybridized carbons (Fsp3) is 0.533. The highest BCUT2D eigenvalue weighted by Crippen LogP contribution is 2.27. The fourth-order valence-corrected chi connectivity index (χ4v) is 1.88. The van der Waals surface area contributed by atoms with Crippen LogP contribution in [0, 0.1) is 0 Å². The molecule has 21 heavy (non-hydrogen) atoms. The van der Waals surface area contributed by atoms with Gasteiger partial charge in [0.15, 0.2) is 11.5 Å². The van der Waals surface area contributed by atoms with Crippen LogP contribution >= 0.6 is 12.4 Å². The second-order valence-corrected chi connectivity index (χ2v) is 4.61. The van der Waals surface area contributed by atoms with E-state index in [1.165, 1.54) is 0 Å². The van der Waals surface area contributed by atoms with E-state index in [0.717, 1.165) is 18.7 Å². The number of rotatable bonds is 8. The molecule has 0 fully saturated rings. The normalized spacial score (nSPS) is 9.71. The van der Waals surface area contributed by atoms with Gasteiger partial charge in [-0.25, -0.2) is 0 Å². The van der Waals surface area contributed by atoms with E-state index in [1.807, 2.05) is 32.3 Å². The molecule has 0 aliphatic rings. The minimum atomic E-state index is 0. The first-order valence-electron chi connectivity index (χ1n) is 6.71. The fourth-order valence-electron chi connectivity index (χ4n) is 1.88. The lowest BCUT2D eigenvalue weighted by atomic mass is 10.1. The van der Waals surface area contributed by atoms with Crippen molar-refractivity contribution in [2.24, 2.45) is 0 Å². The molecule has 1 aromatic rings. The highest BCUT2D eigenvalue weighted by Gasteiger charge is 2.10. The third-order valence-electron chi connectivity index (χ3n) is 3.20. The number of nitrogens with one attached hydrogen (secondary N) is 1. The summed E-state index contributed by atoms with van der Waals surface area (Å²) >= 11 is 0. The third-order valence-corrected chi connectivity index (χ3v) is 3.20. The van der Waals surface area contributed by atoms with Crippen molar-refractivity contribution in [2.75, 3.05) is 41.4 Å². The van der Waals surface area contributed by atoms with Gasteiger partial charge >= 0.3 is 0 Å². The van der Waals surface area contributed by atoms with E-state index in [4.69, 9.17) is 9.47 Å². The molecule has 120 valence electrons. The van der Waals surface area contributed by atoms with Crippen LogP contribution in [0.4, 0.5) is 0 Å². The quantitative estimate of drug-likeness (QED) is 0.793. The van der Waals surface area contributed by atoms with Crippen LogP contribution in [0.2, 0.25) is 0 Å². The number of aryl methyl sites for hydroxylation is 1. The smallest absolute Gasteiger partial charge is 0.222 e. The molecule has 0 bridgehead atoms.